The Bertz CT molecular complexity index is 940. The maximum Gasteiger partial charge on any atom is 0.150 e. The summed E-state index contributed by atoms with van der Waals surface area (Å²) in [6.07, 6.45) is 0.712. The van der Waals surface area contributed by atoms with Gasteiger partial charge in [-0.3, -0.25) is 4.99 Å². The smallest absolute Gasteiger partial charge is 0.150 e. The zero-order chi connectivity index (χ0) is 16.0. The van der Waals surface area contributed by atoms with E-state index in [1.807, 2.05) is 44.4 Å². The minimum Gasteiger partial charge on any atom is -0.505 e. The molecule has 5 heteroatoms. The molecule has 0 aliphatic carbocycles. The van der Waals surface area contributed by atoms with Crippen LogP contribution in [0.15, 0.2) is 41.4 Å². The van der Waals surface area contributed by atoms with Gasteiger partial charge in [-0.05, 0) is 42.0 Å². The number of aromatic hydroxyl groups is 1. The molecule has 0 bridgehead atoms. The van der Waals surface area contributed by atoms with Crippen LogP contribution in [0, 0.1) is 0 Å². The Labute approximate surface area is 134 Å². The van der Waals surface area contributed by atoms with Crippen molar-refractivity contribution in [3.63, 3.8) is 0 Å². The van der Waals surface area contributed by atoms with Crippen LogP contribution in [0.1, 0.15) is 11.3 Å². The lowest BCUT2D eigenvalue weighted by atomic mass is 10.1. The van der Waals surface area contributed by atoms with Crippen LogP contribution in [-0.4, -0.2) is 29.9 Å². The zero-order valence-corrected chi connectivity index (χ0v) is 13.1. The topological polar surface area (TPSA) is 72.4 Å². The molecule has 2 heterocycles. The number of aliphatic imine (C=N–C) groups is 1. The van der Waals surface area contributed by atoms with Gasteiger partial charge in [-0.25, -0.2) is 0 Å². The molecular weight excluding hydrogens is 288 g/mol. The summed E-state index contributed by atoms with van der Waals surface area (Å²) in [6, 6.07) is 12.0. The number of fused-ring (bicyclic) bond motifs is 2. The first-order chi connectivity index (χ1) is 11.2. The van der Waals surface area contributed by atoms with E-state index in [4.69, 9.17) is 0 Å². The third-order valence-electron chi connectivity index (χ3n) is 4.33. The Morgan fingerprint density at radius 2 is 1.78 bits per heavy atom. The summed E-state index contributed by atoms with van der Waals surface area (Å²) in [6.45, 7) is 0. The molecule has 0 amide bonds. The van der Waals surface area contributed by atoms with Crippen molar-refractivity contribution in [2.24, 2.45) is 4.99 Å². The first kappa shape index (κ1) is 13.7. The van der Waals surface area contributed by atoms with E-state index < -0.39 is 0 Å². The largest absolute Gasteiger partial charge is 0.505 e. The van der Waals surface area contributed by atoms with Gasteiger partial charge in [-0.2, -0.15) is 0 Å². The minimum absolute atomic E-state index is 0.262. The van der Waals surface area contributed by atoms with Crippen molar-refractivity contribution >= 4 is 33.7 Å². The molecule has 0 atom stereocenters. The molecule has 0 unspecified atom stereocenters. The molecule has 116 valence electrons. The first-order valence-corrected chi connectivity index (χ1v) is 7.60. The van der Waals surface area contributed by atoms with Crippen LogP contribution in [0.5, 0.6) is 5.75 Å². The summed E-state index contributed by atoms with van der Waals surface area (Å²) in [5, 5.41) is 17.6. The summed E-state index contributed by atoms with van der Waals surface area (Å²) in [5.74, 6) is 0.262. The fourth-order valence-electron chi connectivity index (χ4n) is 3.04. The lowest BCUT2D eigenvalue weighted by Gasteiger charge is -2.02. The van der Waals surface area contributed by atoms with Crippen LogP contribution >= 0.6 is 0 Å². The molecular formula is C18H18N4O. The average molecular weight is 306 g/mol. The van der Waals surface area contributed by atoms with Crippen LogP contribution < -0.4 is 10.6 Å². The van der Waals surface area contributed by atoms with E-state index in [1.54, 1.807) is 0 Å². The minimum atomic E-state index is 0.262. The molecule has 23 heavy (non-hydrogen) atoms. The Kier molecular flexibility index (Phi) is 3.01. The van der Waals surface area contributed by atoms with Gasteiger partial charge in [0.05, 0.1) is 11.4 Å². The van der Waals surface area contributed by atoms with Gasteiger partial charge in [0.25, 0.3) is 0 Å². The molecule has 0 fully saturated rings. The van der Waals surface area contributed by atoms with Gasteiger partial charge in [0.15, 0.2) is 0 Å². The Morgan fingerprint density at radius 3 is 2.57 bits per heavy atom. The molecule has 3 aromatic rings. The number of nitrogens with one attached hydrogen (secondary N) is 3. The van der Waals surface area contributed by atoms with Gasteiger partial charge in [-0.15, -0.1) is 0 Å². The highest BCUT2D eigenvalue weighted by molar-refractivity contribution is 6.11. The summed E-state index contributed by atoms with van der Waals surface area (Å²) >= 11 is 0. The highest BCUT2D eigenvalue weighted by Gasteiger charge is 2.22. The average Bonchev–Trinajstić information content (AvgIpc) is 3.14. The Balaban J connectivity index is 1.77. The van der Waals surface area contributed by atoms with Crippen molar-refractivity contribution in [1.82, 2.24) is 4.98 Å². The lowest BCUT2D eigenvalue weighted by molar-refractivity contribution is 0.480. The predicted octanol–water partition coefficient (Wildman–Crippen LogP) is 3.63. The van der Waals surface area contributed by atoms with Crippen molar-refractivity contribution in [3.05, 3.63) is 47.7 Å². The van der Waals surface area contributed by atoms with E-state index >= 15 is 0 Å². The van der Waals surface area contributed by atoms with Crippen LogP contribution in [0.25, 0.3) is 10.9 Å². The number of benzene rings is 2. The second-order valence-electron chi connectivity index (χ2n) is 5.69. The number of aromatic nitrogens is 1. The highest BCUT2D eigenvalue weighted by Crippen LogP contribution is 2.36. The molecule has 1 aliphatic rings. The van der Waals surface area contributed by atoms with Gasteiger partial charge in [0.2, 0.25) is 0 Å². The van der Waals surface area contributed by atoms with E-state index in [2.05, 4.69) is 26.7 Å². The molecule has 2 aromatic carbocycles. The molecule has 0 saturated heterocycles. The van der Waals surface area contributed by atoms with Crippen LogP contribution in [0.3, 0.4) is 0 Å². The number of anilines is 2. The van der Waals surface area contributed by atoms with E-state index in [1.165, 1.54) is 5.56 Å². The van der Waals surface area contributed by atoms with Crippen molar-refractivity contribution in [2.75, 3.05) is 24.7 Å². The molecule has 4 N–H and O–H groups in total. The first-order valence-electron chi connectivity index (χ1n) is 7.60. The monoisotopic (exact) mass is 306 g/mol. The van der Waals surface area contributed by atoms with E-state index in [9.17, 15) is 5.11 Å². The van der Waals surface area contributed by atoms with E-state index in [-0.39, 0.29) is 5.75 Å². The fourth-order valence-corrected chi connectivity index (χ4v) is 3.04. The molecule has 5 nitrogen and oxygen atoms in total. The molecule has 0 saturated carbocycles. The number of hydrogen-bond acceptors (Lipinski definition) is 4. The van der Waals surface area contributed by atoms with Gasteiger partial charge in [0, 0.05) is 42.8 Å². The van der Waals surface area contributed by atoms with Crippen LogP contribution in [0.4, 0.5) is 17.1 Å². The Morgan fingerprint density at radius 1 is 1.04 bits per heavy atom. The number of aromatic amines is 1. The molecule has 1 aliphatic heterocycles. The van der Waals surface area contributed by atoms with Crippen molar-refractivity contribution < 1.29 is 5.11 Å². The summed E-state index contributed by atoms with van der Waals surface area (Å²) in [5.41, 5.74) is 6.65. The number of H-pyrrole nitrogens is 1. The highest BCUT2D eigenvalue weighted by atomic mass is 16.3. The van der Waals surface area contributed by atoms with Crippen LogP contribution in [0.2, 0.25) is 0 Å². The maximum atomic E-state index is 10.6. The standard InChI is InChI=1S/C18H18N4O/c1-19-11-3-5-14-10(7-11)8-16(21-14)17-18(23)13-9-12(20-2)4-6-15(13)22-17/h3-7,9,19-20,22-23H,8H2,1-2H3. The third kappa shape index (κ3) is 2.12. The number of nitrogens with zero attached hydrogens (tertiary/aromatic N) is 1. The van der Waals surface area contributed by atoms with Gasteiger partial charge >= 0.3 is 0 Å². The van der Waals surface area contributed by atoms with Crippen molar-refractivity contribution in [1.29, 1.82) is 0 Å². The molecule has 0 radical (unpaired) electrons. The predicted molar refractivity (Wildman–Crippen MR) is 95.4 cm³/mol. The summed E-state index contributed by atoms with van der Waals surface area (Å²) in [4.78, 5) is 7.97. The van der Waals surface area contributed by atoms with Gasteiger partial charge < -0.3 is 20.7 Å². The fraction of sp³-hybridized carbons (Fsp3) is 0.167. The van der Waals surface area contributed by atoms with E-state index in [0.717, 1.165) is 33.7 Å². The molecule has 1 aromatic heterocycles. The molecule has 4 rings (SSSR count). The number of hydrogen-bond donors (Lipinski definition) is 4. The van der Waals surface area contributed by atoms with Crippen LogP contribution in [-0.2, 0) is 6.42 Å². The second-order valence-corrected chi connectivity index (χ2v) is 5.69. The lowest BCUT2D eigenvalue weighted by Crippen LogP contribution is -2.01. The van der Waals surface area contributed by atoms with Gasteiger partial charge in [0.1, 0.15) is 11.4 Å². The Hall–Kier alpha value is -2.95. The van der Waals surface area contributed by atoms with E-state index in [0.29, 0.717) is 12.1 Å². The third-order valence-corrected chi connectivity index (χ3v) is 4.33. The quantitative estimate of drug-likeness (QED) is 0.597. The zero-order valence-electron chi connectivity index (χ0n) is 13.1. The number of rotatable bonds is 3. The molecule has 0 spiro atoms. The van der Waals surface area contributed by atoms with Crippen molar-refractivity contribution in [3.8, 4) is 5.75 Å². The maximum absolute atomic E-state index is 10.6. The summed E-state index contributed by atoms with van der Waals surface area (Å²) in [7, 11) is 3.77. The normalized spacial score (nSPS) is 13.0. The summed E-state index contributed by atoms with van der Waals surface area (Å²) < 4.78 is 0. The second kappa shape index (κ2) is 5.05. The van der Waals surface area contributed by atoms with Gasteiger partial charge in [-0.1, -0.05) is 0 Å². The van der Waals surface area contributed by atoms with Crippen molar-refractivity contribution in [2.45, 2.75) is 6.42 Å². The SMILES string of the molecule is CNc1ccc2c(c1)CC(c1[nH]c3ccc(NC)cc3c1O)=N2.